The molecule has 17 heavy (non-hydrogen) atoms. The number of hydrogen-bond acceptors (Lipinski definition) is 2. The minimum absolute atomic E-state index is 0.763. The molecular weight excluding hydrogens is 276 g/mol. The highest BCUT2D eigenvalue weighted by Crippen LogP contribution is 2.29. The van der Waals surface area contributed by atoms with Gasteiger partial charge in [0.2, 0.25) is 0 Å². The van der Waals surface area contributed by atoms with E-state index in [-0.39, 0.29) is 0 Å². The summed E-state index contributed by atoms with van der Waals surface area (Å²) in [7, 11) is 0. The molecule has 82 valence electrons. The lowest BCUT2D eigenvalue weighted by Crippen LogP contribution is -1.88. The molecule has 3 aromatic rings. The first-order chi connectivity index (χ1) is 8.34. The van der Waals surface area contributed by atoms with E-state index in [9.17, 15) is 0 Å². The summed E-state index contributed by atoms with van der Waals surface area (Å²) in [6.07, 6.45) is 1.75. The Morgan fingerprint density at radius 3 is 2.59 bits per heavy atom. The van der Waals surface area contributed by atoms with Crippen LogP contribution >= 0.6 is 15.9 Å². The van der Waals surface area contributed by atoms with E-state index < -0.39 is 0 Å². The molecule has 2 aromatic heterocycles. The number of pyridine rings is 2. The van der Waals surface area contributed by atoms with Gasteiger partial charge < -0.3 is 0 Å². The molecule has 0 fully saturated rings. The molecule has 2 nitrogen and oxygen atoms in total. The third-order valence-electron chi connectivity index (χ3n) is 2.63. The van der Waals surface area contributed by atoms with Crippen molar-refractivity contribution < 1.29 is 0 Å². The van der Waals surface area contributed by atoms with Gasteiger partial charge in [0.05, 0.1) is 0 Å². The van der Waals surface area contributed by atoms with Crippen molar-refractivity contribution in [3.05, 3.63) is 59.3 Å². The van der Waals surface area contributed by atoms with Gasteiger partial charge in [-0.05, 0) is 39.7 Å². The zero-order valence-corrected chi connectivity index (χ0v) is 10.6. The largest absolute Gasteiger partial charge is 0.237 e. The number of nitrogens with zero attached hydrogens (tertiary/aromatic N) is 2. The highest BCUT2D eigenvalue weighted by atomic mass is 79.9. The molecule has 0 radical (unpaired) electrons. The van der Waals surface area contributed by atoms with E-state index in [0.29, 0.717) is 0 Å². The smallest absolute Gasteiger partial charge is 0.160 e. The highest BCUT2D eigenvalue weighted by Gasteiger charge is 2.06. The van der Waals surface area contributed by atoms with Crippen molar-refractivity contribution in [1.29, 1.82) is 0 Å². The van der Waals surface area contributed by atoms with Gasteiger partial charge in [-0.25, -0.2) is 9.97 Å². The van der Waals surface area contributed by atoms with Crippen molar-refractivity contribution in [1.82, 2.24) is 9.97 Å². The third-order valence-corrected chi connectivity index (χ3v) is 3.23. The van der Waals surface area contributed by atoms with Crippen molar-refractivity contribution in [2.24, 2.45) is 0 Å². The van der Waals surface area contributed by atoms with Crippen LogP contribution in [0.4, 0.5) is 0 Å². The van der Waals surface area contributed by atoms with E-state index in [4.69, 9.17) is 0 Å². The maximum Gasteiger partial charge on any atom is 0.160 e. The van der Waals surface area contributed by atoms with Crippen molar-refractivity contribution in [3.8, 4) is 11.1 Å². The number of rotatable bonds is 1. The van der Waals surface area contributed by atoms with Crippen LogP contribution < -0.4 is 0 Å². The zero-order valence-electron chi connectivity index (χ0n) is 8.97. The van der Waals surface area contributed by atoms with Gasteiger partial charge in [0.15, 0.2) is 5.65 Å². The first-order valence-electron chi connectivity index (χ1n) is 5.31. The van der Waals surface area contributed by atoms with Gasteiger partial charge in [0.1, 0.15) is 4.60 Å². The van der Waals surface area contributed by atoms with Crippen molar-refractivity contribution in [2.75, 3.05) is 0 Å². The Morgan fingerprint density at radius 2 is 1.76 bits per heavy atom. The monoisotopic (exact) mass is 284 g/mol. The Morgan fingerprint density at radius 1 is 0.941 bits per heavy atom. The summed E-state index contributed by atoms with van der Waals surface area (Å²) in [6.45, 7) is 0. The molecule has 0 saturated carbocycles. The summed E-state index contributed by atoms with van der Waals surface area (Å²) < 4.78 is 0.829. The molecule has 3 rings (SSSR count). The van der Waals surface area contributed by atoms with E-state index in [2.05, 4.69) is 44.1 Å². The van der Waals surface area contributed by atoms with E-state index in [1.807, 2.05) is 30.3 Å². The van der Waals surface area contributed by atoms with Crippen molar-refractivity contribution >= 4 is 27.0 Å². The Hall–Kier alpha value is -1.74. The van der Waals surface area contributed by atoms with Crippen molar-refractivity contribution in [3.63, 3.8) is 0 Å². The molecule has 1 aromatic carbocycles. The average molecular weight is 285 g/mol. The summed E-state index contributed by atoms with van der Waals surface area (Å²) in [5, 5.41) is 1.05. The molecule has 0 aliphatic heterocycles. The molecule has 3 heteroatoms. The molecule has 0 unspecified atom stereocenters. The number of hydrogen-bond donors (Lipinski definition) is 0. The maximum absolute atomic E-state index is 4.46. The van der Waals surface area contributed by atoms with E-state index in [0.717, 1.165) is 26.8 Å². The first-order valence-corrected chi connectivity index (χ1v) is 6.10. The fourth-order valence-electron chi connectivity index (χ4n) is 1.80. The molecule has 0 spiro atoms. The van der Waals surface area contributed by atoms with E-state index in [1.54, 1.807) is 6.20 Å². The Bertz CT molecular complexity index is 665. The number of benzene rings is 1. The van der Waals surface area contributed by atoms with Crippen molar-refractivity contribution in [2.45, 2.75) is 0 Å². The standard InChI is InChI=1S/C14H9BrN2/c15-13-12(10-5-2-1-3-6-10)9-11-7-4-8-16-14(11)17-13/h1-9H. The summed E-state index contributed by atoms with van der Waals surface area (Å²) in [6, 6.07) is 16.3. The lowest BCUT2D eigenvalue weighted by Gasteiger charge is -2.05. The molecule has 0 amide bonds. The molecule has 0 atom stereocenters. The average Bonchev–Trinajstić information content (AvgIpc) is 2.39. The number of aromatic nitrogens is 2. The highest BCUT2D eigenvalue weighted by molar-refractivity contribution is 9.10. The SMILES string of the molecule is Brc1nc2ncccc2cc1-c1ccccc1. The normalized spacial score (nSPS) is 10.6. The third kappa shape index (κ3) is 1.94. The second-order valence-electron chi connectivity index (χ2n) is 3.74. The maximum atomic E-state index is 4.46. The minimum atomic E-state index is 0.763. The topological polar surface area (TPSA) is 25.8 Å². The lowest BCUT2D eigenvalue weighted by atomic mass is 10.1. The number of halogens is 1. The van der Waals surface area contributed by atoms with Gasteiger partial charge >= 0.3 is 0 Å². The molecule has 0 bridgehead atoms. The molecular formula is C14H9BrN2. The molecule has 0 aliphatic carbocycles. The van der Waals surface area contributed by atoms with Gasteiger partial charge in [-0.3, -0.25) is 0 Å². The lowest BCUT2D eigenvalue weighted by molar-refractivity contribution is 1.26. The molecule has 0 aliphatic rings. The van der Waals surface area contributed by atoms with E-state index >= 15 is 0 Å². The summed E-state index contributed by atoms with van der Waals surface area (Å²) in [5.74, 6) is 0. The fourth-order valence-corrected chi connectivity index (χ4v) is 2.32. The van der Waals surface area contributed by atoms with Crippen LogP contribution in [-0.4, -0.2) is 9.97 Å². The van der Waals surface area contributed by atoms with Crippen LogP contribution in [-0.2, 0) is 0 Å². The Balaban J connectivity index is 2.27. The molecule has 0 saturated heterocycles. The quantitative estimate of drug-likeness (QED) is 0.630. The molecule has 2 heterocycles. The second-order valence-corrected chi connectivity index (χ2v) is 4.49. The van der Waals surface area contributed by atoms with Crippen LogP contribution in [0.3, 0.4) is 0 Å². The van der Waals surface area contributed by atoms with Gasteiger partial charge in [-0.2, -0.15) is 0 Å². The summed E-state index contributed by atoms with van der Waals surface area (Å²) >= 11 is 3.50. The number of fused-ring (bicyclic) bond motifs is 1. The van der Waals surface area contributed by atoms with Gasteiger partial charge in [0.25, 0.3) is 0 Å². The van der Waals surface area contributed by atoms with E-state index in [1.165, 1.54) is 0 Å². The predicted octanol–water partition coefficient (Wildman–Crippen LogP) is 4.06. The van der Waals surface area contributed by atoms with Gasteiger partial charge in [-0.1, -0.05) is 30.3 Å². The predicted molar refractivity (Wildman–Crippen MR) is 72.7 cm³/mol. The van der Waals surface area contributed by atoms with Crippen LogP contribution in [0, 0.1) is 0 Å². The summed E-state index contributed by atoms with van der Waals surface area (Å²) in [5.41, 5.74) is 3.00. The van der Waals surface area contributed by atoms with Gasteiger partial charge in [-0.15, -0.1) is 0 Å². The fraction of sp³-hybridized carbons (Fsp3) is 0. The van der Waals surface area contributed by atoms with Crippen LogP contribution in [0.2, 0.25) is 0 Å². The Labute approximate surface area is 107 Å². The Kier molecular flexibility index (Phi) is 2.61. The summed E-state index contributed by atoms with van der Waals surface area (Å²) in [4.78, 5) is 8.69. The van der Waals surface area contributed by atoms with Crippen LogP contribution in [0.25, 0.3) is 22.2 Å². The van der Waals surface area contributed by atoms with Gasteiger partial charge in [0, 0.05) is 17.1 Å². The zero-order chi connectivity index (χ0) is 11.7. The van der Waals surface area contributed by atoms with Crippen LogP contribution in [0.1, 0.15) is 0 Å². The molecule has 0 N–H and O–H groups in total. The second kappa shape index (κ2) is 4.26. The first kappa shape index (κ1) is 10.4. The minimum Gasteiger partial charge on any atom is -0.237 e. The van der Waals surface area contributed by atoms with Crippen LogP contribution in [0.5, 0.6) is 0 Å². The van der Waals surface area contributed by atoms with Crippen LogP contribution in [0.15, 0.2) is 59.3 Å².